The van der Waals surface area contributed by atoms with Gasteiger partial charge in [-0.3, -0.25) is 4.79 Å². The first-order valence-electron chi connectivity index (χ1n) is 6.49. The summed E-state index contributed by atoms with van der Waals surface area (Å²) in [5, 5.41) is 12.0. The molecule has 1 N–H and O–H groups in total. The third kappa shape index (κ3) is 3.44. The Morgan fingerprint density at radius 1 is 1.53 bits per heavy atom. The fourth-order valence-corrected chi connectivity index (χ4v) is 2.17. The number of ether oxygens (including phenoxy) is 1. The molecule has 1 rings (SSSR count). The first-order chi connectivity index (χ1) is 8.18. The van der Waals surface area contributed by atoms with Gasteiger partial charge in [0.15, 0.2) is 0 Å². The van der Waals surface area contributed by atoms with E-state index in [2.05, 4.69) is 11.4 Å². The molecule has 0 saturated carbocycles. The van der Waals surface area contributed by atoms with E-state index >= 15 is 0 Å². The van der Waals surface area contributed by atoms with Gasteiger partial charge in [0.25, 0.3) is 0 Å². The Morgan fingerprint density at radius 3 is 2.71 bits per heavy atom. The van der Waals surface area contributed by atoms with Crippen molar-refractivity contribution < 1.29 is 9.53 Å². The molecule has 0 radical (unpaired) electrons. The summed E-state index contributed by atoms with van der Waals surface area (Å²) in [6.07, 6.45) is 4.46. The standard InChI is InChI=1S/C13H22N2O2/c1-3-13(4-2,10-14)12(16)15-8-7-11-6-5-9-17-11/h11H,3-9H2,1-2H3,(H,15,16). The van der Waals surface area contributed by atoms with E-state index in [1.165, 1.54) is 0 Å². The SMILES string of the molecule is CCC(C#N)(CC)C(=O)NCCC1CCCO1. The maximum absolute atomic E-state index is 12.0. The predicted octanol–water partition coefficient (Wildman–Crippen LogP) is 2.00. The van der Waals surface area contributed by atoms with Crippen LogP contribution < -0.4 is 5.32 Å². The monoisotopic (exact) mass is 238 g/mol. The van der Waals surface area contributed by atoms with Crippen molar-refractivity contribution in [2.45, 2.75) is 52.1 Å². The lowest BCUT2D eigenvalue weighted by molar-refractivity contribution is -0.128. The Hall–Kier alpha value is -1.08. The second kappa shape index (κ2) is 6.61. The zero-order valence-electron chi connectivity index (χ0n) is 10.8. The Kier molecular flexibility index (Phi) is 5.43. The van der Waals surface area contributed by atoms with Crippen molar-refractivity contribution in [3.63, 3.8) is 0 Å². The highest BCUT2D eigenvalue weighted by atomic mass is 16.5. The molecule has 0 aromatic heterocycles. The second-order valence-corrected chi connectivity index (χ2v) is 4.58. The quantitative estimate of drug-likeness (QED) is 0.770. The van der Waals surface area contributed by atoms with Gasteiger partial charge in [0.2, 0.25) is 5.91 Å². The van der Waals surface area contributed by atoms with E-state index in [1.807, 2.05) is 13.8 Å². The van der Waals surface area contributed by atoms with Crippen LogP contribution in [0.1, 0.15) is 46.0 Å². The molecule has 1 saturated heterocycles. The summed E-state index contributed by atoms with van der Waals surface area (Å²) in [4.78, 5) is 12.0. The van der Waals surface area contributed by atoms with Gasteiger partial charge >= 0.3 is 0 Å². The number of hydrogen-bond donors (Lipinski definition) is 1. The van der Waals surface area contributed by atoms with Crippen molar-refractivity contribution in [2.24, 2.45) is 5.41 Å². The van der Waals surface area contributed by atoms with E-state index in [0.717, 1.165) is 25.9 Å². The normalized spacial score (nSPS) is 19.9. The first-order valence-corrected chi connectivity index (χ1v) is 6.49. The molecule has 0 aromatic rings. The van der Waals surface area contributed by atoms with Crippen LogP contribution >= 0.6 is 0 Å². The Morgan fingerprint density at radius 2 is 2.24 bits per heavy atom. The van der Waals surface area contributed by atoms with Crippen LogP contribution in [-0.2, 0) is 9.53 Å². The summed E-state index contributed by atoms with van der Waals surface area (Å²) < 4.78 is 5.48. The van der Waals surface area contributed by atoms with Crippen LogP contribution in [0, 0.1) is 16.7 Å². The molecule has 0 spiro atoms. The van der Waals surface area contributed by atoms with E-state index in [4.69, 9.17) is 10.00 Å². The van der Waals surface area contributed by atoms with Crippen LogP contribution in [0.2, 0.25) is 0 Å². The topological polar surface area (TPSA) is 62.1 Å². The van der Waals surface area contributed by atoms with Crippen LogP contribution in [-0.4, -0.2) is 25.2 Å². The van der Waals surface area contributed by atoms with Gasteiger partial charge in [-0.2, -0.15) is 5.26 Å². The summed E-state index contributed by atoms with van der Waals surface area (Å²) >= 11 is 0. The van der Waals surface area contributed by atoms with Gasteiger partial charge in [-0.15, -0.1) is 0 Å². The Balaban J connectivity index is 2.35. The molecule has 1 aliphatic heterocycles. The fraction of sp³-hybridized carbons (Fsp3) is 0.846. The average Bonchev–Trinajstić information content (AvgIpc) is 2.85. The summed E-state index contributed by atoms with van der Waals surface area (Å²) in [7, 11) is 0. The van der Waals surface area contributed by atoms with Gasteiger partial charge in [-0.25, -0.2) is 0 Å². The van der Waals surface area contributed by atoms with E-state index in [0.29, 0.717) is 19.4 Å². The highest BCUT2D eigenvalue weighted by Crippen LogP contribution is 2.25. The summed E-state index contributed by atoms with van der Waals surface area (Å²) in [6, 6.07) is 2.15. The highest BCUT2D eigenvalue weighted by Gasteiger charge is 2.34. The van der Waals surface area contributed by atoms with Crippen LogP contribution in [0.4, 0.5) is 0 Å². The first kappa shape index (κ1) is 14.0. The molecule has 0 aliphatic carbocycles. The Bertz CT molecular complexity index is 286. The molecule has 1 heterocycles. The lowest BCUT2D eigenvalue weighted by atomic mass is 9.83. The smallest absolute Gasteiger partial charge is 0.240 e. The van der Waals surface area contributed by atoms with E-state index in [9.17, 15) is 4.79 Å². The number of hydrogen-bond acceptors (Lipinski definition) is 3. The molecule has 1 amide bonds. The van der Waals surface area contributed by atoms with Gasteiger partial charge in [0.1, 0.15) is 5.41 Å². The van der Waals surface area contributed by atoms with E-state index < -0.39 is 5.41 Å². The second-order valence-electron chi connectivity index (χ2n) is 4.58. The number of amides is 1. The van der Waals surface area contributed by atoms with Gasteiger partial charge in [0.05, 0.1) is 12.2 Å². The zero-order valence-corrected chi connectivity index (χ0v) is 10.8. The molecule has 0 bridgehead atoms. The minimum atomic E-state index is -0.851. The van der Waals surface area contributed by atoms with Crippen LogP contribution in [0.5, 0.6) is 0 Å². The van der Waals surface area contributed by atoms with Gasteiger partial charge < -0.3 is 10.1 Å². The number of nitrogens with one attached hydrogen (secondary N) is 1. The van der Waals surface area contributed by atoms with Gasteiger partial charge in [-0.05, 0) is 32.1 Å². The maximum atomic E-state index is 12.0. The lowest BCUT2D eigenvalue weighted by Gasteiger charge is -2.22. The molecular weight excluding hydrogens is 216 g/mol. The molecule has 1 atom stereocenters. The molecule has 0 aromatic carbocycles. The third-order valence-electron chi connectivity index (χ3n) is 3.63. The molecule has 4 heteroatoms. The number of carbonyl (C=O) groups excluding carboxylic acids is 1. The van der Waals surface area contributed by atoms with Crippen molar-refractivity contribution in [3.05, 3.63) is 0 Å². The van der Waals surface area contributed by atoms with Crippen molar-refractivity contribution in [2.75, 3.05) is 13.2 Å². The minimum Gasteiger partial charge on any atom is -0.378 e. The minimum absolute atomic E-state index is 0.136. The number of nitrogens with zero attached hydrogens (tertiary/aromatic N) is 1. The zero-order chi connectivity index (χ0) is 12.7. The summed E-state index contributed by atoms with van der Waals surface area (Å²) in [6.45, 7) is 5.20. The molecule has 1 fully saturated rings. The van der Waals surface area contributed by atoms with Crippen molar-refractivity contribution in [1.29, 1.82) is 5.26 Å². The molecule has 1 unspecified atom stereocenters. The number of rotatable bonds is 6. The van der Waals surface area contributed by atoms with E-state index in [-0.39, 0.29) is 12.0 Å². The van der Waals surface area contributed by atoms with Crippen LogP contribution in [0.25, 0.3) is 0 Å². The number of nitriles is 1. The van der Waals surface area contributed by atoms with Crippen molar-refractivity contribution >= 4 is 5.91 Å². The van der Waals surface area contributed by atoms with Crippen LogP contribution in [0.15, 0.2) is 0 Å². The van der Waals surface area contributed by atoms with Crippen LogP contribution in [0.3, 0.4) is 0 Å². The van der Waals surface area contributed by atoms with Gasteiger partial charge in [-0.1, -0.05) is 13.8 Å². The number of carbonyl (C=O) groups is 1. The largest absolute Gasteiger partial charge is 0.378 e. The molecular formula is C13H22N2O2. The molecule has 17 heavy (non-hydrogen) atoms. The molecule has 96 valence electrons. The average molecular weight is 238 g/mol. The molecule has 4 nitrogen and oxygen atoms in total. The Labute approximate surface area is 103 Å². The highest BCUT2D eigenvalue weighted by molar-refractivity contribution is 5.85. The molecule has 1 aliphatic rings. The van der Waals surface area contributed by atoms with Crippen molar-refractivity contribution in [3.8, 4) is 6.07 Å². The predicted molar refractivity (Wildman–Crippen MR) is 65.2 cm³/mol. The third-order valence-corrected chi connectivity index (χ3v) is 3.63. The summed E-state index contributed by atoms with van der Waals surface area (Å²) in [5.41, 5.74) is -0.851. The van der Waals surface area contributed by atoms with Gasteiger partial charge in [0, 0.05) is 13.2 Å². The van der Waals surface area contributed by atoms with Crippen molar-refractivity contribution in [1.82, 2.24) is 5.32 Å². The lowest BCUT2D eigenvalue weighted by Crippen LogP contribution is -2.40. The summed E-state index contributed by atoms with van der Waals surface area (Å²) in [5.74, 6) is -0.136. The maximum Gasteiger partial charge on any atom is 0.240 e. The fourth-order valence-electron chi connectivity index (χ4n) is 2.17. The van der Waals surface area contributed by atoms with E-state index in [1.54, 1.807) is 0 Å².